The zero-order valence-electron chi connectivity index (χ0n) is 20.2. The molecule has 0 atom stereocenters. The number of phenols is 1. The van der Waals surface area contributed by atoms with Gasteiger partial charge in [0, 0.05) is 30.2 Å². The van der Waals surface area contributed by atoms with Crippen LogP contribution in [0.2, 0.25) is 0 Å². The molecule has 2 amide bonds. The first kappa shape index (κ1) is 24.9. The summed E-state index contributed by atoms with van der Waals surface area (Å²) in [5, 5.41) is 23.8. The molecule has 8 nitrogen and oxygen atoms in total. The Morgan fingerprint density at radius 2 is 2.00 bits per heavy atom. The molecule has 1 aliphatic carbocycles. The van der Waals surface area contributed by atoms with Crippen molar-refractivity contribution in [2.45, 2.75) is 52.4 Å². The van der Waals surface area contributed by atoms with Gasteiger partial charge in [-0.25, -0.2) is 0 Å². The van der Waals surface area contributed by atoms with Gasteiger partial charge < -0.3 is 20.5 Å². The van der Waals surface area contributed by atoms with Crippen molar-refractivity contribution in [3.63, 3.8) is 0 Å². The number of benzene rings is 1. The molecule has 0 saturated heterocycles. The average Bonchev–Trinajstić information content (AvgIpc) is 3.49. The van der Waals surface area contributed by atoms with Gasteiger partial charge in [-0.3, -0.25) is 14.7 Å². The number of rotatable bonds is 10. The zero-order chi connectivity index (χ0) is 24.8. The van der Waals surface area contributed by atoms with Gasteiger partial charge in [-0.2, -0.15) is 5.10 Å². The highest BCUT2D eigenvalue weighted by molar-refractivity contribution is 7.17. The molecular formula is C26H32N4O4S. The molecule has 0 saturated carbocycles. The van der Waals surface area contributed by atoms with E-state index >= 15 is 0 Å². The number of thiophene rings is 1. The Hall–Kier alpha value is -3.17. The standard InChI is InChI=1S/C26H32N4O4S/c1-3-16-10-11-21(31)18(14-16)19-15-20(30-29-19)24(32)28-26-23(17-8-5-6-9-22(17)35-26)25(33)27-12-7-13-34-4-2/h10-11,14-15,31H,3-9,12-13H2,1-2H3,(H,27,33)(H,28,32)(H,29,30). The minimum absolute atomic E-state index is 0.106. The topological polar surface area (TPSA) is 116 Å². The smallest absolute Gasteiger partial charge is 0.274 e. The van der Waals surface area contributed by atoms with Crippen molar-refractivity contribution in [2.75, 3.05) is 25.1 Å². The van der Waals surface area contributed by atoms with E-state index in [9.17, 15) is 14.7 Å². The SMILES string of the molecule is CCOCCCNC(=O)c1c(NC(=O)c2cc(-c3cc(CC)ccc3O)n[nH]2)sc2c1CCCC2. The van der Waals surface area contributed by atoms with Crippen molar-refractivity contribution in [1.29, 1.82) is 0 Å². The highest BCUT2D eigenvalue weighted by Gasteiger charge is 2.27. The van der Waals surface area contributed by atoms with E-state index in [1.165, 1.54) is 11.3 Å². The number of aryl methyl sites for hydroxylation is 2. The average molecular weight is 497 g/mol. The summed E-state index contributed by atoms with van der Waals surface area (Å²) >= 11 is 1.48. The van der Waals surface area contributed by atoms with Gasteiger partial charge in [0.15, 0.2) is 0 Å². The van der Waals surface area contributed by atoms with E-state index in [4.69, 9.17) is 4.74 Å². The molecule has 0 fully saturated rings. The van der Waals surface area contributed by atoms with Crippen LogP contribution >= 0.6 is 11.3 Å². The fourth-order valence-electron chi connectivity index (χ4n) is 4.26. The molecule has 186 valence electrons. The Morgan fingerprint density at radius 1 is 1.17 bits per heavy atom. The predicted octanol–water partition coefficient (Wildman–Crippen LogP) is 4.69. The highest BCUT2D eigenvalue weighted by Crippen LogP contribution is 2.38. The summed E-state index contributed by atoms with van der Waals surface area (Å²) in [5.41, 5.74) is 4.00. The van der Waals surface area contributed by atoms with Gasteiger partial charge in [0.05, 0.1) is 11.3 Å². The van der Waals surface area contributed by atoms with Crippen LogP contribution in [0.25, 0.3) is 11.3 Å². The van der Waals surface area contributed by atoms with Crippen LogP contribution in [0.3, 0.4) is 0 Å². The number of ether oxygens (including phenoxy) is 1. The molecule has 2 heterocycles. The van der Waals surface area contributed by atoms with Crippen LogP contribution in [0.15, 0.2) is 24.3 Å². The van der Waals surface area contributed by atoms with E-state index < -0.39 is 0 Å². The second-order valence-electron chi connectivity index (χ2n) is 8.55. The molecule has 0 radical (unpaired) electrons. The molecule has 0 spiro atoms. The summed E-state index contributed by atoms with van der Waals surface area (Å²) < 4.78 is 5.34. The number of aromatic hydroxyl groups is 1. The van der Waals surface area contributed by atoms with Crippen LogP contribution < -0.4 is 10.6 Å². The van der Waals surface area contributed by atoms with Crippen molar-refractivity contribution in [2.24, 2.45) is 0 Å². The number of nitrogens with zero attached hydrogens (tertiary/aromatic N) is 1. The maximum Gasteiger partial charge on any atom is 0.274 e. The van der Waals surface area contributed by atoms with Gasteiger partial charge in [0.1, 0.15) is 16.4 Å². The number of H-pyrrole nitrogens is 1. The molecule has 0 unspecified atom stereocenters. The molecule has 3 aromatic rings. The fraction of sp³-hybridized carbons (Fsp3) is 0.423. The monoisotopic (exact) mass is 496 g/mol. The summed E-state index contributed by atoms with van der Waals surface area (Å²) in [5.74, 6) is -0.434. The second kappa shape index (κ2) is 11.5. The van der Waals surface area contributed by atoms with Crippen LogP contribution in [-0.2, 0) is 24.0 Å². The number of aromatic nitrogens is 2. The van der Waals surface area contributed by atoms with Gasteiger partial charge in [-0.15, -0.1) is 11.3 Å². The number of anilines is 1. The third-order valence-electron chi connectivity index (χ3n) is 6.15. The Balaban J connectivity index is 1.53. The Morgan fingerprint density at radius 3 is 2.80 bits per heavy atom. The number of amides is 2. The fourth-order valence-corrected chi connectivity index (χ4v) is 5.54. The van der Waals surface area contributed by atoms with Crippen molar-refractivity contribution >= 4 is 28.2 Å². The second-order valence-corrected chi connectivity index (χ2v) is 9.65. The van der Waals surface area contributed by atoms with Crippen molar-refractivity contribution < 1.29 is 19.4 Å². The Kier molecular flexibility index (Phi) is 8.20. The summed E-state index contributed by atoms with van der Waals surface area (Å²) in [6.07, 6.45) is 5.43. The Labute approximate surface area is 209 Å². The molecule has 4 N–H and O–H groups in total. The minimum Gasteiger partial charge on any atom is -0.507 e. The molecule has 9 heteroatoms. The van der Waals surface area contributed by atoms with Gasteiger partial charge in [-0.05, 0) is 74.8 Å². The summed E-state index contributed by atoms with van der Waals surface area (Å²) in [6.45, 7) is 5.74. The quantitative estimate of drug-likeness (QED) is 0.304. The lowest BCUT2D eigenvalue weighted by molar-refractivity contribution is 0.0944. The first-order valence-electron chi connectivity index (χ1n) is 12.2. The van der Waals surface area contributed by atoms with Crippen molar-refractivity contribution in [1.82, 2.24) is 15.5 Å². The van der Waals surface area contributed by atoms with E-state index in [0.717, 1.165) is 54.5 Å². The number of phenolic OH excluding ortho intramolecular Hbond substituents is 1. The number of hydrogen-bond donors (Lipinski definition) is 4. The number of aromatic amines is 1. The summed E-state index contributed by atoms with van der Waals surface area (Å²) in [4.78, 5) is 27.4. The van der Waals surface area contributed by atoms with Crippen LogP contribution in [-0.4, -0.2) is 46.9 Å². The third-order valence-corrected chi connectivity index (χ3v) is 7.36. The largest absolute Gasteiger partial charge is 0.507 e. The maximum absolute atomic E-state index is 13.1. The van der Waals surface area contributed by atoms with Crippen molar-refractivity contribution in [3.05, 3.63) is 51.5 Å². The molecule has 1 aromatic carbocycles. The normalized spacial score (nSPS) is 12.9. The van der Waals surface area contributed by atoms with E-state index in [2.05, 4.69) is 20.8 Å². The molecule has 2 aromatic heterocycles. The van der Waals surface area contributed by atoms with Crippen LogP contribution in [0, 0.1) is 0 Å². The molecule has 35 heavy (non-hydrogen) atoms. The van der Waals surface area contributed by atoms with Crippen molar-refractivity contribution in [3.8, 4) is 17.0 Å². The molecule has 4 rings (SSSR count). The third kappa shape index (κ3) is 5.74. The number of carbonyl (C=O) groups excluding carboxylic acids is 2. The Bertz CT molecular complexity index is 1200. The van der Waals surface area contributed by atoms with Gasteiger partial charge in [0.25, 0.3) is 11.8 Å². The first-order chi connectivity index (χ1) is 17.0. The van der Waals surface area contributed by atoms with Gasteiger partial charge >= 0.3 is 0 Å². The zero-order valence-corrected chi connectivity index (χ0v) is 21.0. The van der Waals surface area contributed by atoms with Gasteiger partial charge in [-0.1, -0.05) is 13.0 Å². The molecule has 0 aliphatic heterocycles. The maximum atomic E-state index is 13.1. The molecular weight excluding hydrogens is 464 g/mol. The van der Waals surface area contributed by atoms with Gasteiger partial charge in [0.2, 0.25) is 0 Å². The minimum atomic E-state index is -0.376. The summed E-state index contributed by atoms with van der Waals surface area (Å²) in [7, 11) is 0. The van der Waals surface area contributed by atoms with Crippen LogP contribution in [0.4, 0.5) is 5.00 Å². The lowest BCUT2D eigenvalue weighted by Crippen LogP contribution is -2.27. The van der Waals surface area contributed by atoms with E-state index in [1.807, 2.05) is 26.0 Å². The highest BCUT2D eigenvalue weighted by atomic mass is 32.1. The lowest BCUT2D eigenvalue weighted by Gasteiger charge is -2.13. The van der Waals surface area contributed by atoms with E-state index in [1.54, 1.807) is 12.1 Å². The first-order valence-corrected chi connectivity index (χ1v) is 13.0. The van der Waals surface area contributed by atoms with Crippen LogP contribution in [0.1, 0.15) is 70.0 Å². The lowest BCUT2D eigenvalue weighted by atomic mass is 9.95. The number of nitrogens with one attached hydrogen (secondary N) is 3. The number of fused-ring (bicyclic) bond motifs is 1. The van der Waals surface area contributed by atoms with Crippen LogP contribution in [0.5, 0.6) is 5.75 Å². The number of carbonyl (C=O) groups is 2. The number of hydrogen-bond acceptors (Lipinski definition) is 6. The molecule has 1 aliphatic rings. The molecule has 0 bridgehead atoms. The van der Waals surface area contributed by atoms with E-state index in [0.29, 0.717) is 41.6 Å². The predicted molar refractivity (Wildman–Crippen MR) is 137 cm³/mol. The van der Waals surface area contributed by atoms with E-state index in [-0.39, 0.29) is 23.3 Å². The summed E-state index contributed by atoms with van der Waals surface area (Å²) in [6, 6.07) is 6.98.